The number of methoxy groups -OCH3 is 1. The average Bonchev–Trinajstić information content (AvgIpc) is 3.77. The predicted octanol–water partition coefficient (Wildman–Crippen LogP) is 2.27. The Bertz CT molecular complexity index is 1970. The Morgan fingerprint density at radius 3 is 2.73 bits per heavy atom. The van der Waals surface area contributed by atoms with Crippen molar-refractivity contribution in [1.29, 1.82) is 0 Å². The van der Waals surface area contributed by atoms with Gasteiger partial charge in [0.15, 0.2) is 30.1 Å². The Hall–Kier alpha value is -2.61. The number of hydrogen-bond acceptors (Lipinski definition) is 15. The van der Waals surface area contributed by atoms with Gasteiger partial charge in [-0.15, -0.1) is 0 Å². The van der Waals surface area contributed by atoms with Gasteiger partial charge >= 0.3 is 6.72 Å². The lowest BCUT2D eigenvalue weighted by atomic mass is 10.1. The van der Waals surface area contributed by atoms with Crippen LogP contribution in [-0.4, -0.2) is 105 Å². The third-order valence-corrected chi connectivity index (χ3v) is 11.4. The van der Waals surface area contributed by atoms with Crippen LogP contribution in [0.1, 0.15) is 24.4 Å². The molecule has 22 heteroatoms. The predicted molar refractivity (Wildman–Crippen MR) is 171 cm³/mol. The van der Waals surface area contributed by atoms with Crippen LogP contribution in [0.4, 0.5) is 15.9 Å². The Morgan fingerprint density at radius 2 is 1.90 bits per heavy atom. The first-order valence-electron chi connectivity index (χ1n) is 15.0. The molecule has 0 saturated carbocycles. The number of pyridine rings is 1. The van der Waals surface area contributed by atoms with Gasteiger partial charge < -0.3 is 48.3 Å². The summed E-state index contributed by atoms with van der Waals surface area (Å²) in [7, 11) is 2.99. The molecule has 0 bridgehead atoms. The van der Waals surface area contributed by atoms with Crippen molar-refractivity contribution in [1.82, 2.24) is 29.1 Å². The second kappa shape index (κ2) is 12.3. The second-order valence-corrected chi connectivity index (χ2v) is 16.1. The van der Waals surface area contributed by atoms with Gasteiger partial charge in [-0.2, -0.15) is 0 Å². The fraction of sp³-hybridized carbons (Fsp3) is 0.538. The fourth-order valence-electron chi connectivity index (χ4n) is 6.70. The number of rotatable bonds is 3. The van der Waals surface area contributed by atoms with Gasteiger partial charge in [0.05, 0.1) is 19.5 Å². The highest BCUT2D eigenvalue weighted by molar-refractivity contribution is 8.07. The summed E-state index contributed by atoms with van der Waals surface area (Å²) in [5.41, 5.74) is 8.95. The topological polar surface area (TPSA) is 201 Å². The van der Waals surface area contributed by atoms with E-state index in [0.29, 0.717) is 5.65 Å². The Morgan fingerprint density at radius 1 is 1.10 bits per heavy atom. The summed E-state index contributed by atoms with van der Waals surface area (Å²) in [5, 5.41) is 4.39. The Kier molecular flexibility index (Phi) is 8.36. The van der Waals surface area contributed by atoms with Crippen LogP contribution in [0.5, 0.6) is 0 Å². The van der Waals surface area contributed by atoms with Gasteiger partial charge in [-0.1, -0.05) is 0 Å². The van der Waals surface area contributed by atoms with Gasteiger partial charge in [0.1, 0.15) is 48.0 Å². The fourth-order valence-corrected chi connectivity index (χ4v) is 9.14. The van der Waals surface area contributed by atoms with Crippen LogP contribution in [0.3, 0.4) is 0 Å². The van der Waals surface area contributed by atoms with E-state index in [0.717, 1.165) is 36.0 Å². The molecular weight excluding hydrogens is 692 g/mol. The molecule has 3 saturated heterocycles. The van der Waals surface area contributed by atoms with Gasteiger partial charge in [-0.3, -0.25) is 13.7 Å². The van der Waals surface area contributed by atoms with Crippen molar-refractivity contribution in [2.45, 2.75) is 62.0 Å². The maximum atomic E-state index is 16.1. The number of halogens is 1. The van der Waals surface area contributed by atoms with Crippen LogP contribution in [0.15, 0.2) is 31.1 Å². The molecule has 8 heterocycles. The smallest absolute Gasteiger partial charge is 0.325 e. The minimum Gasteiger partial charge on any atom is -0.384 e. The number of fused-ring (bicyclic) bond motifs is 3. The first-order valence-corrected chi connectivity index (χ1v) is 19.2. The maximum Gasteiger partial charge on any atom is 0.325 e. The largest absolute Gasteiger partial charge is 0.384 e. The molecule has 4 aromatic heterocycles. The molecule has 17 nitrogen and oxygen atoms in total. The number of nitrogens with zero attached hydrogens (tertiary/aromatic N) is 6. The number of ether oxygens (including phenoxy) is 3. The van der Waals surface area contributed by atoms with Gasteiger partial charge in [0.25, 0.3) is 7.47 Å². The molecule has 4 aromatic rings. The van der Waals surface area contributed by atoms with Crippen molar-refractivity contribution in [3.63, 3.8) is 0 Å². The number of aryl methyl sites for hydroxylation is 1. The molecule has 4 aliphatic rings. The molecular formula is C26H30BFN8O9P2S. The van der Waals surface area contributed by atoms with E-state index in [4.69, 9.17) is 57.4 Å². The second-order valence-electron chi connectivity index (χ2n) is 11.7. The van der Waals surface area contributed by atoms with Crippen molar-refractivity contribution in [2.75, 3.05) is 37.9 Å². The number of alkyl halides is 1. The SMILES string of the molecule is [B]P1(=O)OC[C@H]2O[C@@H](n3cc4c5c(ccnc53)NCCC4)[C@@H](OC)C2OP(O)(=S)OC[C@H]2O[C@@H](n3cnc4c(N)ncnc43)C(F)[C@H]2O1. The monoisotopic (exact) mass is 722 g/mol. The maximum absolute atomic E-state index is 16.1. The van der Waals surface area contributed by atoms with E-state index >= 15 is 4.39 Å². The van der Waals surface area contributed by atoms with Gasteiger partial charge in [-0.25, -0.2) is 24.3 Å². The quantitative estimate of drug-likeness (QED) is 0.205. The van der Waals surface area contributed by atoms with Crippen molar-refractivity contribution in [3.8, 4) is 0 Å². The first-order chi connectivity index (χ1) is 23.0. The van der Waals surface area contributed by atoms with Crippen molar-refractivity contribution < 1.29 is 46.2 Å². The zero-order valence-corrected chi connectivity index (χ0v) is 27.9. The van der Waals surface area contributed by atoms with Crippen molar-refractivity contribution >= 4 is 67.3 Å². The van der Waals surface area contributed by atoms with Gasteiger partial charge in [-0.05, 0) is 36.3 Å². The van der Waals surface area contributed by atoms with E-state index in [2.05, 4.69) is 25.3 Å². The summed E-state index contributed by atoms with van der Waals surface area (Å²) in [4.78, 5) is 28.1. The van der Waals surface area contributed by atoms with Gasteiger partial charge in [0.2, 0.25) is 7.57 Å². The number of imidazole rings is 1. The molecule has 254 valence electrons. The molecule has 0 aliphatic carbocycles. The standard InChI is InChI=1S/C26H30BFN8O9P2S/c1-39-21-20-15(43-26(21)35-7-12-3-2-5-30-13-4-6-31-23(35)16(12)13)8-40-46(27,37)44-19-14(9-41-47(38,48)45-20)42-25(17(19)28)36-11-34-18-22(29)32-10-33-24(18)36/h4,6-7,10-11,14-15,17,19-21,25-26,30H,2-3,5,8-9H2,1H3,(H,38,48)(H2,29,32,33)/t14-,15-,17?,19+,20?,21+,25-,26-,46?,47?/m1/s1. The van der Waals surface area contributed by atoms with E-state index in [-0.39, 0.29) is 17.0 Å². The van der Waals surface area contributed by atoms with E-state index in [1.807, 2.05) is 16.8 Å². The van der Waals surface area contributed by atoms with Crippen LogP contribution in [-0.2, 0) is 55.1 Å². The zero-order valence-electron chi connectivity index (χ0n) is 25.3. The number of anilines is 2. The normalized spacial score (nSPS) is 37.3. The van der Waals surface area contributed by atoms with Crippen LogP contribution >= 0.6 is 14.2 Å². The molecule has 3 fully saturated rings. The van der Waals surface area contributed by atoms with Gasteiger partial charge in [0, 0.05) is 37.1 Å². The lowest BCUT2D eigenvalue weighted by molar-refractivity contribution is -0.0591. The summed E-state index contributed by atoms with van der Waals surface area (Å²) < 4.78 is 73.8. The molecule has 4 N–H and O–H groups in total. The summed E-state index contributed by atoms with van der Waals surface area (Å²) in [6, 6.07) is 1.91. The van der Waals surface area contributed by atoms with E-state index in [1.165, 1.54) is 24.3 Å². The molecule has 0 aromatic carbocycles. The summed E-state index contributed by atoms with van der Waals surface area (Å²) in [5.74, 6) is 0.0816. The van der Waals surface area contributed by atoms with Crippen molar-refractivity contribution in [3.05, 3.63) is 36.7 Å². The molecule has 0 amide bonds. The molecule has 8 rings (SSSR count). The number of nitrogens with one attached hydrogen (secondary N) is 1. The van der Waals surface area contributed by atoms with E-state index in [9.17, 15) is 9.46 Å². The summed E-state index contributed by atoms with van der Waals surface area (Å²) in [6.45, 7) is -4.25. The molecule has 0 spiro atoms. The van der Waals surface area contributed by atoms with Crippen LogP contribution in [0.2, 0.25) is 0 Å². The van der Waals surface area contributed by atoms with Crippen LogP contribution in [0, 0.1) is 0 Å². The van der Waals surface area contributed by atoms with Crippen LogP contribution in [0.25, 0.3) is 22.2 Å². The number of nitrogen functional groups attached to an aromatic ring is 1. The Balaban J connectivity index is 1.09. The molecule has 4 aliphatic heterocycles. The third-order valence-electron chi connectivity index (χ3n) is 8.83. The first kappa shape index (κ1) is 32.6. The Labute approximate surface area is 278 Å². The van der Waals surface area contributed by atoms with E-state index in [1.54, 1.807) is 6.20 Å². The average molecular weight is 722 g/mol. The highest BCUT2D eigenvalue weighted by Crippen LogP contribution is 2.54. The number of aromatic nitrogens is 6. The lowest BCUT2D eigenvalue weighted by Crippen LogP contribution is -2.39. The summed E-state index contributed by atoms with van der Waals surface area (Å²) in [6.07, 6.45) is -2.25. The third kappa shape index (κ3) is 5.66. The minimum atomic E-state index is -4.48. The lowest BCUT2D eigenvalue weighted by Gasteiger charge is -2.30. The minimum absolute atomic E-state index is 0.0816. The van der Waals surface area contributed by atoms with Crippen LogP contribution < -0.4 is 11.1 Å². The number of nitrogens with two attached hydrogens (primary N) is 1. The zero-order chi connectivity index (χ0) is 33.4. The van der Waals surface area contributed by atoms with Crippen molar-refractivity contribution in [2.24, 2.45) is 0 Å². The molecule has 2 radical (unpaired) electrons. The molecule has 48 heavy (non-hydrogen) atoms. The molecule has 10 atom stereocenters. The highest BCUT2D eigenvalue weighted by atomic mass is 32.5. The summed E-state index contributed by atoms with van der Waals surface area (Å²) >= 11 is 5.39. The molecule has 4 unspecified atom stereocenters. The van der Waals surface area contributed by atoms with E-state index < -0.39 is 76.6 Å². The highest BCUT2D eigenvalue weighted by Gasteiger charge is 2.53. The number of hydrogen-bond donors (Lipinski definition) is 3.